The Labute approximate surface area is 421 Å². The summed E-state index contributed by atoms with van der Waals surface area (Å²) in [7, 11) is 0. The fourth-order valence-corrected chi connectivity index (χ4v) is 8.77. The zero-order valence-electron chi connectivity index (χ0n) is 44.2. The summed E-state index contributed by atoms with van der Waals surface area (Å²) in [5, 5.41) is 56.7. The normalized spacial score (nSPS) is 20.1. The molecule has 6 N–H and O–H groups in total. The van der Waals surface area contributed by atoms with Crippen molar-refractivity contribution in [1.29, 1.82) is 0 Å². The highest BCUT2D eigenvalue weighted by Crippen LogP contribution is 2.26. The van der Waals surface area contributed by atoms with Gasteiger partial charge in [0.2, 0.25) is 5.91 Å². The molecule has 1 saturated heterocycles. The van der Waals surface area contributed by atoms with Crippen molar-refractivity contribution in [1.82, 2.24) is 5.32 Å². The molecule has 1 aliphatic heterocycles. The molecule has 0 aromatic rings. The molecule has 1 fully saturated rings. The van der Waals surface area contributed by atoms with Crippen LogP contribution in [0.1, 0.15) is 245 Å². The Kier molecular flexibility index (Phi) is 43.7. The molecule has 8 unspecified atom stereocenters. The van der Waals surface area contributed by atoms with Gasteiger partial charge in [0.25, 0.3) is 0 Å². The minimum absolute atomic E-state index is 0.124. The summed E-state index contributed by atoms with van der Waals surface area (Å²) in [6, 6.07) is -1.03. The lowest BCUT2D eigenvalue weighted by Crippen LogP contribution is -2.61. The van der Waals surface area contributed by atoms with Gasteiger partial charge in [0.1, 0.15) is 24.4 Å². The van der Waals surface area contributed by atoms with Crippen molar-refractivity contribution in [3.63, 3.8) is 0 Å². The van der Waals surface area contributed by atoms with Crippen LogP contribution in [0.5, 0.6) is 0 Å². The summed E-state index contributed by atoms with van der Waals surface area (Å²) < 4.78 is 17.6. The predicted molar refractivity (Wildman–Crippen MR) is 283 cm³/mol. The number of aliphatic hydroxyl groups excluding tert-OH is 5. The molecule has 0 bridgehead atoms. The number of aliphatic hydroxyl groups is 5. The van der Waals surface area contributed by atoms with E-state index in [9.17, 15) is 35.1 Å². The third-order valence-corrected chi connectivity index (χ3v) is 13.3. The van der Waals surface area contributed by atoms with Gasteiger partial charge >= 0.3 is 5.97 Å². The van der Waals surface area contributed by atoms with Crippen LogP contribution in [0.3, 0.4) is 0 Å². The lowest BCUT2D eigenvalue weighted by Gasteiger charge is -2.41. The molecule has 8 atom stereocenters. The number of carbonyl (C=O) groups is 2. The first kappa shape index (κ1) is 64.6. The van der Waals surface area contributed by atoms with Gasteiger partial charge in [-0.2, -0.15) is 0 Å². The van der Waals surface area contributed by atoms with Crippen molar-refractivity contribution in [2.75, 3.05) is 13.2 Å². The molecule has 1 amide bonds. The topological polar surface area (TPSA) is 175 Å². The van der Waals surface area contributed by atoms with Gasteiger partial charge in [0.15, 0.2) is 12.4 Å². The van der Waals surface area contributed by atoms with Gasteiger partial charge in [-0.15, -0.1) is 0 Å². The second-order valence-corrected chi connectivity index (χ2v) is 19.7. The molecule has 1 heterocycles. The van der Waals surface area contributed by atoms with E-state index in [4.69, 9.17) is 14.2 Å². The summed E-state index contributed by atoms with van der Waals surface area (Å²) in [5.41, 5.74) is 0. The number of hydrogen-bond donors (Lipinski definition) is 6. The molecule has 0 spiro atoms. The first-order chi connectivity index (χ1) is 33.7. The Morgan fingerprint density at radius 1 is 0.580 bits per heavy atom. The van der Waals surface area contributed by atoms with E-state index in [0.29, 0.717) is 12.8 Å². The summed E-state index contributed by atoms with van der Waals surface area (Å²) in [6.07, 6.45) is 44.5. The Hall–Kier alpha value is -2.38. The molecular formula is C58H105NO10. The maximum atomic E-state index is 13.3. The number of allylic oxidation sites excluding steroid dienone is 7. The Balaban J connectivity index is 2.71. The number of esters is 1. The third-order valence-electron chi connectivity index (χ3n) is 13.3. The zero-order chi connectivity index (χ0) is 50.4. The van der Waals surface area contributed by atoms with E-state index in [1.165, 1.54) is 128 Å². The molecular weight excluding hydrogens is 871 g/mol. The van der Waals surface area contributed by atoms with E-state index >= 15 is 0 Å². The average Bonchev–Trinajstić information content (AvgIpc) is 3.34. The van der Waals surface area contributed by atoms with Gasteiger partial charge in [0, 0.05) is 6.42 Å². The summed E-state index contributed by atoms with van der Waals surface area (Å²) in [5.74, 6) is -1.21. The highest BCUT2D eigenvalue weighted by Gasteiger charge is 2.47. The van der Waals surface area contributed by atoms with Crippen molar-refractivity contribution < 1.29 is 49.3 Å². The number of hydrogen-bond acceptors (Lipinski definition) is 10. The first-order valence-corrected chi connectivity index (χ1v) is 28.4. The van der Waals surface area contributed by atoms with Crippen molar-refractivity contribution >= 4 is 11.9 Å². The standard InChI is InChI=1S/C58H105NO10/c1-4-7-10-13-16-19-22-24-25-26-27-28-31-34-37-40-43-46-53(63)69-56-55(65)54(64)52(47-60)68-58(56)67-48-49(50(61)44-41-38-35-32-29-21-18-15-12-9-6-3)59-57(66)51(62)45-42-39-36-33-30-23-20-17-14-11-8-5-2/h8,11,14,17,20,23,41,44,49-52,54-56,58,60-62,64-65H,4-7,9-10,12-13,15-16,18-19,21-22,24-40,42-43,45-48H2,1-3H3,(H,59,66)/b11-8+,17-14+,23-20-,44-41+. The van der Waals surface area contributed by atoms with Crippen LogP contribution in [0, 0.1) is 0 Å². The van der Waals surface area contributed by atoms with Gasteiger partial charge in [-0.25, -0.2) is 0 Å². The Morgan fingerprint density at radius 3 is 1.55 bits per heavy atom. The van der Waals surface area contributed by atoms with Crippen LogP contribution in [-0.4, -0.2) is 99.6 Å². The van der Waals surface area contributed by atoms with Crippen LogP contribution >= 0.6 is 0 Å². The second kappa shape index (κ2) is 46.7. The maximum absolute atomic E-state index is 13.3. The Morgan fingerprint density at radius 2 is 1.04 bits per heavy atom. The largest absolute Gasteiger partial charge is 0.454 e. The van der Waals surface area contributed by atoms with E-state index in [2.05, 4.69) is 38.2 Å². The molecule has 402 valence electrons. The highest BCUT2D eigenvalue weighted by molar-refractivity contribution is 5.80. The zero-order valence-corrected chi connectivity index (χ0v) is 44.2. The fraction of sp³-hybridized carbons (Fsp3) is 0.828. The first-order valence-electron chi connectivity index (χ1n) is 28.4. The van der Waals surface area contributed by atoms with Crippen LogP contribution in [0.2, 0.25) is 0 Å². The van der Waals surface area contributed by atoms with E-state index in [-0.39, 0.29) is 19.4 Å². The maximum Gasteiger partial charge on any atom is 0.306 e. The van der Waals surface area contributed by atoms with Gasteiger partial charge in [-0.1, -0.05) is 243 Å². The minimum atomic E-state index is -1.61. The second-order valence-electron chi connectivity index (χ2n) is 19.7. The molecule has 11 nitrogen and oxygen atoms in total. The number of carbonyl (C=O) groups excluding carboxylic acids is 2. The number of nitrogens with one attached hydrogen (secondary N) is 1. The molecule has 1 rings (SSSR count). The smallest absolute Gasteiger partial charge is 0.306 e. The molecule has 0 aromatic heterocycles. The third kappa shape index (κ3) is 35.4. The number of unbranched alkanes of at least 4 members (excludes halogenated alkanes) is 29. The number of ether oxygens (including phenoxy) is 3. The lowest BCUT2D eigenvalue weighted by molar-refractivity contribution is -0.305. The number of amides is 1. The molecule has 0 saturated carbocycles. The fourth-order valence-electron chi connectivity index (χ4n) is 8.77. The average molecular weight is 976 g/mol. The van der Waals surface area contributed by atoms with Crippen LogP contribution in [0.4, 0.5) is 0 Å². The highest BCUT2D eigenvalue weighted by atomic mass is 16.7. The van der Waals surface area contributed by atoms with E-state index in [1.807, 2.05) is 30.4 Å². The van der Waals surface area contributed by atoms with Crippen molar-refractivity contribution in [3.8, 4) is 0 Å². The van der Waals surface area contributed by atoms with Crippen molar-refractivity contribution in [2.45, 2.75) is 294 Å². The molecule has 1 aliphatic rings. The predicted octanol–water partition coefficient (Wildman–Crippen LogP) is 12.5. The summed E-state index contributed by atoms with van der Waals surface area (Å²) in [6.45, 7) is 5.63. The molecule has 0 radical (unpaired) electrons. The van der Waals surface area contributed by atoms with Crippen LogP contribution in [0.15, 0.2) is 48.6 Å². The van der Waals surface area contributed by atoms with E-state index in [1.54, 1.807) is 6.08 Å². The van der Waals surface area contributed by atoms with Gasteiger partial charge in [-0.3, -0.25) is 9.59 Å². The van der Waals surface area contributed by atoms with Gasteiger partial charge in [0.05, 0.1) is 25.4 Å². The quantitative estimate of drug-likeness (QED) is 0.0149. The van der Waals surface area contributed by atoms with E-state index in [0.717, 1.165) is 70.6 Å². The monoisotopic (exact) mass is 976 g/mol. The summed E-state index contributed by atoms with van der Waals surface area (Å²) >= 11 is 0. The number of rotatable bonds is 47. The minimum Gasteiger partial charge on any atom is -0.454 e. The van der Waals surface area contributed by atoms with Crippen molar-refractivity contribution in [2.24, 2.45) is 0 Å². The SMILES string of the molecule is CC/C=C/C=C/C=C\CCCCCCC(O)C(=O)NC(COC1OC(CO)C(O)C(O)C1OC(=O)CCCCCCCCCCCCCCCCCCC)C(O)/C=C/CCCCCCCCCCC. The molecule has 11 heteroatoms. The van der Waals surface area contributed by atoms with E-state index < -0.39 is 67.4 Å². The Bertz CT molecular complexity index is 1300. The van der Waals surface area contributed by atoms with Gasteiger partial charge < -0.3 is 45.1 Å². The molecule has 0 aliphatic carbocycles. The van der Waals surface area contributed by atoms with Crippen LogP contribution in [-0.2, 0) is 23.8 Å². The summed E-state index contributed by atoms with van der Waals surface area (Å²) in [4.78, 5) is 26.4. The lowest BCUT2D eigenvalue weighted by atomic mass is 9.99. The van der Waals surface area contributed by atoms with Gasteiger partial charge in [-0.05, 0) is 44.9 Å². The van der Waals surface area contributed by atoms with Crippen molar-refractivity contribution in [3.05, 3.63) is 48.6 Å². The molecule has 0 aromatic carbocycles. The molecule has 69 heavy (non-hydrogen) atoms. The van der Waals surface area contributed by atoms with Crippen LogP contribution in [0.25, 0.3) is 0 Å². The van der Waals surface area contributed by atoms with Crippen LogP contribution < -0.4 is 5.32 Å².